The Hall–Kier alpha value is -1.11. The van der Waals surface area contributed by atoms with Gasteiger partial charge in [-0.05, 0) is 17.7 Å². The Balaban J connectivity index is 3.37. The van der Waals surface area contributed by atoms with Crippen LogP contribution in [0.5, 0.6) is 5.75 Å². The van der Waals surface area contributed by atoms with E-state index in [4.69, 9.17) is 15.0 Å². The van der Waals surface area contributed by atoms with Crippen molar-refractivity contribution < 1.29 is 17.7 Å². The van der Waals surface area contributed by atoms with Crippen LogP contribution in [0.3, 0.4) is 0 Å². The molecule has 0 aromatic heterocycles. The van der Waals surface area contributed by atoms with E-state index in [9.17, 15) is 8.42 Å². The largest absolute Gasteiger partial charge is 0.495 e. The lowest BCUT2D eigenvalue weighted by molar-refractivity contribution is 0.397. The van der Waals surface area contributed by atoms with Gasteiger partial charge in [0.25, 0.3) is 10.1 Å². The summed E-state index contributed by atoms with van der Waals surface area (Å²) in [6, 6.07) is 4.20. The smallest absolute Gasteiger partial charge is 0.298 e. The van der Waals surface area contributed by atoms with E-state index in [0.717, 1.165) is 0 Å². The van der Waals surface area contributed by atoms with E-state index in [1.165, 1.54) is 19.2 Å². The quantitative estimate of drug-likeness (QED) is 0.754. The summed E-state index contributed by atoms with van der Waals surface area (Å²) in [5, 5.41) is 0. The minimum absolute atomic E-state index is 0.0491. The molecule has 0 heterocycles. The van der Waals surface area contributed by atoms with Gasteiger partial charge in [0, 0.05) is 6.54 Å². The van der Waals surface area contributed by atoms with Crippen LogP contribution in [0.25, 0.3) is 0 Å². The van der Waals surface area contributed by atoms with Crippen LogP contribution in [0, 0.1) is 0 Å². The number of ether oxygens (including phenoxy) is 1. The van der Waals surface area contributed by atoms with Crippen molar-refractivity contribution in [3.05, 3.63) is 23.8 Å². The summed E-state index contributed by atoms with van der Waals surface area (Å²) < 4.78 is 35.4. The molecule has 0 unspecified atom stereocenters. The molecule has 0 aliphatic heterocycles. The molecule has 0 saturated heterocycles. The molecule has 0 aliphatic rings. The van der Waals surface area contributed by atoms with Gasteiger partial charge in [-0.1, -0.05) is 6.07 Å². The van der Waals surface area contributed by atoms with Gasteiger partial charge >= 0.3 is 0 Å². The molecule has 0 aliphatic carbocycles. The van der Waals surface area contributed by atoms with Gasteiger partial charge < -0.3 is 4.74 Å². The number of rotatable bonds is 3. The highest BCUT2D eigenvalue weighted by Gasteiger charge is 2.16. The van der Waals surface area contributed by atoms with E-state index in [2.05, 4.69) is 0 Å². The van der Waals surface area contributed by atoms with Crippen LogP contribution in [-0.2, 0) is 16.7 Å². The summed E-state index contributed by atoms with van der Waals surface area (Å²) in [5.74, 6) is 0.0738. The van der Waals surface area contributed by atoms with Crippen molar-refractivity contribution in [1.29, 1.82) is 0 Å². The number of hydrogen-bond acceptors (Lipinski definition) is 3. The Morgan fingerprint density at radius 2 is 2.14 bits per heavy atom. The van der Waals surface area contributed by atoms with Gasteiger partial charge in [-0.2, -0.15) is 8.42 Å². The molecule has 2 N–H and O–H groups in total. The van der Waals surface area contributed by atoms with Crippen LogP contribution in [0.2, 0.25) is 0 Å². The van der Waals surface area contributed by atoms with Gasteiger partial charge in [0.15, 0.2) is 0 Å². The van der Waals surface area contributed by atoms with Crippen LogP contribution in [-0.4, -0.2) is 20.1 Å². The second-order valence-electron chi connectivity index (χ2n) is 2.64. The van der Waals surface area contributed by atoms with E-state index >= 15 is 0 Å². The molecule has 0 fully saturated rings. The van der Waals surface area contributed by atoms with E-state index in [1.54, 1.807) is 6.07 Å². The first-order valence-electron chi connectivity index (χ1n) is 3.78. The Morgan fingerprint density at radius 1 is 1.50 bits per heavy atom. The zero-order chi connectivity index (χ0) is 10.8. The fraction of sp³-hybridized carbons (Fsp3) is 0.250. The van der Waals surface area contributed by atoms with Gasteiger partial charge in [-0.3, -0.25) is 10.3 Å². The molecule has 0 atom stereocenters. The fourth-order valence-corrected chi connectivity index (χ4v) is 1.74. The summed E-state index contributed by atoms with van der Waals surface area (Å²) in [6.45, 7) is -0.0491. The van der Waals surface area contributed by atoms with E-state index in [1.807, 2.05) is 0 Å². The average Bonchev–Trinajstić information content (AvgIpc) is 2.15. The van der Waals surface area contributed by atoms with Crippen LogP contribution in [0.4, 0.5) is 0 Å². The molecule has 0 amide bonds. The van der Waals surface area contributed by atoms with Gasteiger partial charge in [0.2, 0.25) is 0 Å². The number of hydrogen-bond donors (Lipinski definition) is 1. The zero-order valence-corrected chi connectivity index (χ0v) is 8.34. The molecule has 1 radical (unpaired) electrons. The Morgan fingerprint density at radius 3 is 2.57 bits per heavy atom. The SMILES string of the molecule is COc1ccc(C[NH])cc1S(=O)(=O)O. The maximum atomic E-state index is 10.9. The third-order valence-electron chi connectivity index (χ3n) is 1.71. The maximum Gasteiger partial charge on any atom is 0.298 e. The van der Waals surface area contributed by atoms with Crippen molar-refractivity contribution in [3.63, 3.8) is 0 Å². The summed E-state index contributed by atoms with van der Waals surface area (Å²) in [4.78, 5) is -0.301. The molecule has 14 heavy (non-hydrogen) atoms. The zero-order valence-electron chi connectivity index (χ0n) is 7.52. The summed E-state index contributed by atoms with van der Waals surface area (Å²) in [5.41, 5.74) is 7.55. The highest BCUT2D eigenvalue weighted by atomic mass is 32.2. The first-order valence-corrected chi connectivity index (χ1v) is 5.22. The molecule has 6 heteroatoms. The van der Waals surface area contributed by atoms with Gasteiger partial charge in [0.1, 0.15) is 10.6 Å². The normalized spacial score (nSPS) is 11.4. The highest BCUT2D eigenvalue weighted by Crippen LogP contribution is 2.24. The topological polar surface area (TPSA) is 87.4 Å². The predicted molar refractivity (Wildman–Crippen MR) is 49.6 cm³/mol. The number of nitrogens with one attached hydrogen (secondary N) is 1. The molecule has 0 saturated carbocycles. The van der Waals surface area contributed by atoms with Crippen molar-refractivity contribution in [1.82, 2.24) is 5.73 Å². The second kappa shape index (κ2) is 3.95. The molecule has 1 aromatic carbocycles. The van der Waals surface area contributed by atoms with E-state index in [0.29, 0.717) is 5.56 Å². The van der Waals surface area contributed by atoms with Crippen LogP contribution >= 0.6 is 0 Å². The lowest BCUT2D eigenvalue weighted by Crippen LogP contribution is -2.02. The van der Waals surface area contributed by atoms with Crippen LogP contribution in [0.15, 0.2) is 23.1 Å². The number of benzene rings is 1. The molecule has 1 rings (SSSR count). The lowest BCUT2D eigenvalue weighted by atomic mass is 10.2. The molecule has 5 nitrogen and oxygen atoms in total. The van der Waals surface area contributed by atoms with Gasteiger partial charge in [0.05, 0.1) is 7.11 Å². The molecule has 0 spiro atoms. The van der Waals surface area contributed by atoms with Crippen molar-refractivity contribution in [2.24, 2.45) is 0 Å². The van der Waals surface area contributed by atoms with Crippen molar-refractivity contribution in [2.45, 2.75) is 11.4 Å². The van der Waals surface area contributed by atoms with E-state index in [-0.39, 0.29) is 17.2 Å². The standard InChI is InChI=1S/C8H10NO4S/c1-13-7-3-2-6(5-9)4-8(7)14(10,11)12/h2-4,9H,5H2,1H3,(H,10,11,12). The Labute approximate surface area is 82.2 Å². The fourth-order valence-electron chi connectivity index (χ4n) is 1.03. The van der Waals surface area contributed by atoms with Crippen molar-refractivity contribution >= 4 is 10.1 Å². The first kappa shape index (κ1) is 11.0. The summed E-state index contributed by atoms with van der Waals surface area (Å²) >= 11 is 0. The summed E-state index contributed by atoms with van der Waals surface area (Å²) in [7, 11) is -2.98. The molecular weight excluding hydrogens is 206 g/mol. The van der Waals surface area contributed by atoms with E-state index < -0.39 is 10.1 Å². The van der Waals surface area contributed by atoms with Crippen LogP contribution < -0.4 is 10.5 Å². The minimum Gasteiger partial charge on any atom is -0.495 e. The third kappa shape index (κ3) is 2.22. The minimum atomic E-state index is -4.29. The molecule has 0 bridgehead atoms. The number of methoxy groups -OCH3 is 1. The monoisotopic (exact) mass is 216 g/mol. The molecule has 1 aromatic rings. The average molecular weight is 216 g/mol. The van der Waals surface area contributed by atoms with Gasteiger partial charge in [-0.15, -0.1) is 0 Å². The lowest BCUT2D eigenvalue weighted by Gasteiger charge is -2.06. The van der Waals surface area contributed by atoms with Crippen molar-refractivity contribution in [3.8, 4) is 5.75 Å². The molecular formula is C8H10NO4S. The van der Waals surface area contributed by atoms with Crippen molar-refractivity contribution in [2.75, 3.05) is 7.11 Å². The predicted octanol–water partition coefficient (Wildman–Crippen LogP) is 0.725. The maximum absolute atomic E-state index is 10.9. The molecule has 77 valence electrons. The summed E-state index contributed by atoms with van der Waals surface area (Å²) in [6.07, 6.45) is 0. The second-order valence-corrected chi connectivity index (χ2v) is 4.03. The van der Waals surface area contributed by atoms with Crippen LogP contribution in [0.1, 0.15) is 5.56 Å². The first-order chi connectivity index (χ1) is 6.49. The Bertz CT molecular complexity index is 427. The third-order valence-corrected chi connectivity index (χ3v) is 2.58. The highest BCUT2D eigenvalue weighted by molar-refractivity contribution is 7.86. The van der Waals surface area contributed by atoms with Gasteiger partial charge in [-0.25, -0.2) is 0 Å². The Kier molecular flexibility index (Phi) is 3.10.